The zero-order valence-electron chi connectivity index (χ0n) is 10.0. The number of nitro benzene ring substituents is 1. The highest BCUT2D eigenvalue weighted by Crippen LogP contribution is 2.20. The van der Waals surface area contributed by atoms with E-state index in [1.54, 1.807) is 0 Å². The van der Waals surface area contributed by atoms with Crippen LogP contribution >= 0.6 is 0 Å². The standard InChI is InChI=1S/C12H12FNO5/c13-10-7-8(1-2-11(10)14(16)17)12(15)19-9-3-5-18-6-4-9/h1-2,7,9H,3-6H2. The number of carbonyl (C=O) groups is 1. The first-order chi connectivity index (χ1) is 9.08. The minimum atomic E-state index is -1.05. The van der Waals surface area contributed by atoms with Crippen molar-refractivity contribution in [1.82, 2.24) is 0 Å². The Hall–Kier alpha value is -2.02. The quantitative estimate of drug-likeness (QED) is 0.477. The van der Waals surface area contributed by atoms with Crippen molar-refractivity contribution in [3.63, 3.8) is 0 Å². The fourth-order valence-electron chi connectivity index (χ4n) is 1.80. The van der Waals surface area contributed by atoms with E-state index < -0.39 is 22.4 Å². The molecule has 1 saturated heterocycles. The van der Waals surface area contributed by atoms with Crippen LogP contribution in [0.2, 0.25) is 0 Å². The Labute approximate surface area is 108 Å². The summed E-state index contributed by atoms with van der Waals surface area (Å²) in [6, 6.07) is 2.96. The first kappa shape index (κ1) is 13.4. The highest BCUT2D eigenvalue weighted by molar-refractivity contribution is 5.89. The molecule has 0 saturated carbocycles. The summed E-state index contributed by atoms with van der Waals surface area (Å²) < 4.78 is 23.7. The molecule has 102 valence electrons. The average Bonchev–Trinajstić information content (AvgIpc) is 2.39. The maximum absolute atomic E-state index is 13.4. The number of hydrogen-bond acceptors (Lipinski definition) is 5. The molecule has 1 fully saturated rings. The van der Waals surface area contributed by atoms with Gasteiger partial charge in [0.05, 0.1) is 23.7 Å². The Kier molecular flexibility index (Phi) is 4.06. The van der Waals surface area contributed by atoms with E-state index in [2.05, 4.69) is 0 Å². The summed E-state index contributed by atoms with van der Waals surface area (Å²) >= 11 is 0. The topological polar surface area (TPSA) is 78.7 Å². The summed E-state index contributed by atoms with van der Waals surface area (Å²) in [5.74, 6) is -1.73. The first-order valence-corrected chi connectivity index (χ1v) is 5.80. The number of carbonyl (C=O) groups excluding carboxylic acids is 1. The Morgan fingerprint density at radius 3 is 2.68 bits per heavy atom. The van der Waals surface area contributed by atoms with Gasteiger partial charge in [0.25, 0.3) is 0 Å². The highest BCUT2D eigenvalue weighted by Gasteiger charge is 2.21. The molecule has 1 aliphatic rings. The lowest BCUT2D eigenvalue weighted by Gasteiger charge is -2.22. The molecule has 0 N–H and O–H groups in total. The molecule has 6 nitrogen and oxygen atoms in total. The van der Waals surface area contributed by atoms with Crippen LogP contribution in [0.5, 0.6) is 0 Å². The molecule has 0 aromatic heterocycles. The number of hydrogen-bond donors (Lipinski definition) is 0. The SMILES string of the molecule is O=C(OC1CCOCC1)c1ccc([N+](=O)[O-])c(F)c1. The second-order valence-corrected chi connectivity index (χ2v) is 4.14. The summed E-state index contributed by atoms with van der Waals surface area (Å²) in [5, 5.41) is 10.5. The van der Waals surface area contributed by atoms with Gasteiger partial charge in [-0.25, -0.2) is 4.79 Å². The lowest BCUT2D eigenvalue weighted by Crippen LogP contribution is -2.26. The molecule has 1 aromatic rings. The van der Waals surface area contributed by atoms with E-state index in [1.807, 2.05) is 0 Å². The molecule has 1 aliphatic heterocycles. The van der Waals surface area contributed by atoms with Crippen LogP contribution in [-0.4, -0.2) is 30.2 Å². The second-order valence-electron chi connectivity index (χ2n) is 4.14. The van der Waals surface area contributed by atoms with Crippen molar-refractivity contribution in [3.8, 4) is 0 Å². The monoisotopic (exact) mass is 269 g/mol. The third-order valence-corrected chi connectivity index (χ3v) is 2.82. The van der Waals surface area contributed by atoms with Gasteiger partial charge in [-0.2, -0.15) is 4.39 Å². The average molecular weight is 269 g/mol. The van der Waals surface area contributed by atoms with Crippen molar-refractivity contribution in [2.24, 2.45) is 0 Å². The smallest absolute Gasteiger partial charge is 0.338 e. The lowest BCUT2D eigenvalue weighted by molar-refractivity contribution is -0.387. The van der Waals surface area contributed by atoms with Crippen LogP contribution in [-0.2, 0) is 9.47 Å². The molecule has 2 rings (SSSR count). The fraction of sp³-hybridized carbons (Fsp3) is 0.417. The zero-order valence-corrected chi connectivity index (χ0v) is 10.0. The Morgan fingerprint density at radius 2 is 2.11 bits per heavy atom. The minimum absolute atomic E-state index is 0.0328. The minimum Gasteiger partial charge on any atom is -0.459 e. The molecular formula is C12H12FNO5. The van der Waals surface area contributed by atoms with E-state index >= 15 is 0 Å². The van der Waals surface area contributed by atoms with E-state index in [-0.39, 0.29) is 11.7 Å². The number of halogens is 1. The molecule has 19 heavy (non-hydrogen) atoms. The van der Waals surface area contributed by atoms with Gasteiger partial charge in [-0.05, 0) is 12.1 Å². The van der Waals surface area contributed by atoms with Crippen molar-refractivity contribution >= 4 is 11.7 Å². The third-order valence-electron chi connectivity index (χ3n) is 2.82. The number of esters is 1. The van der Waals surface area contributed by atoms with Crippen molar-refractivity contribution in [3.05, 3.63) is 39.7 Å². The molecule has 1 aromatic carbocycles. The predicted molar refractivity (Wildman–Crippen MR) is 62.3 cm³/mol. The number of nitro groups is 1. The van der Waals surface area contributed by atoms with E-state index in [0.29, 0.717) is 26.1 Å². The number of benzene rings is 1. The van der Waals surface area contributed by atoms with Crippen molar-refractivity contribution in [2.45, 2.75) is 18.9 Å². The molecule has 0 unspecified atom stereocenters. The van der Waals surface area contributed by atoms with Gasteiger partial charge in [-0.15, -0.1) is 0 Å². The van der Waals surface area contributed by atoms with Crippen molar-refractivity contribution in [2.75, 3.05) is 13.2 Å². The molecule has 0 aliphatic carbocycles. The van der Waals surface area contributed by atoms with E-state index in [4.69, 9.17) is 9.47 Å². The summed E-state index contributed by atoms with van der Waals surface area (Å²) in [7, 11) is 0. The van der Waals surface area contributed by atoms with Crippen LogP contribution in [0.25, 0.3) is 0 Å². The van der Waals surface area contributed by atoms with Gasteiger partial charge in [0.1, 0.15) is 6.10 Å². The fourth-order valence-corrected chi connectivity index (χ4v) is 1.80. The van der Waals surface area contributed by atoms with Crippen LogP contribution in [0.4, 0.5) is 10.1 Å². The summed E-state index contributed by atoms with van der Waals surface area (Å²) in [4.78, 5) is 21.4. The molecule has 0 atom stereocenters. The van der Waals surface area contributed by atoms with Gasteiger partial charge in [0.15, 0.2) is 0 Å². The number of ether oxygens (including phenoxy) is 2. The van der Waals surface area contributed by atoms with E-state index in [9.17, 15) is 19.3 Å². The van der Waals surface area contributed by atoms with Gasteiger partial charge < -0.3 is 9.47 Å². The Morgan fingerprint density at radius 1 is 1.42 bits per heavy atom. The Balaban J connectivity index is 2.06. The molecule has 7 heteroatoms. The van der Waals surface area contributed by atoms with Crippen molar-refractivity contribution in [1.29, 1.82) is 0 Å². The zero-order chi connectivity index (χ0) is 13.8. The first-order valence-electron chi connectivity index (χ1n) is 5.80. The summed E-state index contributed by atoms with van der Waals surface area (Å²) in [5.41, 5.74) is -0.697. The molecule has 0 spiro atoms. The lowest BCUT2D eigenvalue weighted by atomic mass is 10.1. The number of rotatable bonds is 3. The predicted octanol–water partition coefficient (Wildman–Crippen LogP) is 2.07. The van der Waals surface area contributed by atoms with Crippen LogP contribution in [0.1, 0.15) is 23.2 Å². The highest BCUT2D eigenvalue weighted by atomic mass is 19.1. The van der Waals surface area contributed by atoms with Crippen LogP contribution < -0.4 is 0 Å². The molecular weight excluding hydrogens is 257 g/mol. The molecule has 0 amide bonds. The van der Waals surface area contributed by atoms with Gasteiger partial charge in [-0.1, -0.05) is 0 Å². The van der Waals surface area contributed by atoms with Gasteiger partial charge in [0.2, 0.25) is 5.82 Å². The van der Waals surface area contributed by atoms with E-state index in [1.165, 1.54) is 6.07 Å². The van der Waals surface area contributed by atoms with Crippen LogP contribution in [0.15, 0.2) is 18.2 Å². The van der Waals surface area contributed by atoms with Gasteiger partial charge in [-0.3, -0.25) is 10.1 Å². The van der Waals surface area contributed by atoms with Crippen LogP contribution in [0.3, 0.4) is 0 Å². The third kappa shape index (κ3) is 3.25. The normalized spacial score (nSPS) is 16.1. The summed E-state index contributed by atoms with van der Waals surface area (Å²) in [6.45, 7) is 1.04. The Bertz CT molecular complexity index is 499. The molecule has 1 heterocycles. The maximum atomic E-state index is 13.4. The van der Waals surface area contributed by atoms with Crippen LogP contribution in [0, 0.1) is 15.9 Å². The second kappa shape index (κ2) is 5.75. The van der Waals surface area contributed by atoms with Gasteiger partial charge in [0, 0.05) is 18.9 Å². The van der Waals surface area contributed by atoms with E-state index in [0.717, 1.165) is 12.1 Å². The number of nitrogens with zero attached hydrogens (tertiary/aromatic N) is 1. The molecule has 0 bridgehead atoms. The summed E-state index contributed by atoms with van der Waals surface area (Å²) in [6.07, 6.45) is 0.946. The molecule has 0 radical (unpaired) electrons. The largest absolute Gasteiger partial charge is 0.459 e. The van der Waals surface area contributed by atoms with Crippen molar-refractivity contribution < 1.29 is 23.6 Å². The maximum Gasteiger partial charge on any atom is 0.338 e. The van der Waals surface area contributed by atoms with Gasteiger partial charge >= 0.3 is 11.7 Å².